The molecule has 1 unspecified atom stereocenters. The van der Waals surface area contributed by atoms with Crippen LogP contribution in [0.25, 0.3) is 0 Å². The number of benzene rings is 1. The molecule has 1 aliphatic rings. The summed E-state index contributed by atoms with van der Waals surface area (Å²) in [6.07, 6.45) is 3.84. The summed E-state index contributed by atoms with van der Waals surface area (Å²) in [5.74, 6) is 1.04. The fraction of sp³-hybridized carbons (Fsp3) is 0.600. The Labute approximate surface area is 104 Å². The number of aryl methyl sites for hydroxylation is 1. The van der Waals surface area contributed by atoms with E-state index in [4.69, 9.17) is 9.47 Å². The zero-order valence-electron chi connectivity index (χ0n) is 11.1. The van der Waals surface area contributed by atoms with Crippen molar-refractivity contribution in [2.75, 3.05) is 13.2 Å². The number of rotatable bonds is 6. The Morgan fingerprint density at radius 1 is 1.29 bits per heavy atom. The van der Waals surface area contributed by atoms with Crippen molar-refractivity contribution in [2.24, 2.45) is 0 Å². The molecule has 1 atom stereocenters. The lowest BCUT2D eigenvalue weighted by atomic mass is 9.98. The van der Waals surface area contributed by atoms with E-state index >= 15 is 0 Å². The van der Waals surface area contributed by atoms with E-state index in [2.05, 4.69) is 32.9 Å². The predicted octanol–water partition coefficient (Wildman–Crippen LogP) is 3.42. The summed E-state index contributed by atoms with van der Waals surface area (Å²) in [6.45, 7) is 8.23. The second-order valence-corrected chi connectivity index (χ2v) is 4.82. The van der Waals surface area contributed by atoms with Crippen LogP contribution in [-0.4, -0.2) is 19.3 Å². The highest BCUT2D eigenvalue weighted by molar-refractivity contribution is 5.43. The summed E-state index contributed by atoms with van der Waals surface area (Å²) in [6, 6.07) is 4.32. The lowest BCUT2D eigenvalue weighted by molar-refractivity contribution is 0.315. The Morgan fingerprint density at radius 2 is 2.06 bits per heavy atom. The highest BCUT2D eigenvalue weighted by Crippen LogP contribution is 2.26. The van der Waals surface area contributed by atoms with Gasteiger partial charge in [0, 0.05) is 0 Å². The van der Waals surface area contributed by atoms with Gasteiger partial charge < -0.3 is 9.47 Å². The van der Waals surface area contributed by atoms with E-state index in [-0.39, 0.29) is 0 Å². The molecule has 0 aromatic heterocycles. The maximum absolute atomic E-state index is 5.74. The van der Waals surface area contributed by atoms with Gasteiger partial charge in [-0.05, 0) is 55.9 Å². The molecule has 1 aromatic carbocycles. The molecule has 0 bridgehead atoms. The molecule has 2 heteroatoms. The summed E-state index contributed by atoms with van der Waals surface area (Å²) in [5.41, 5.74) is 4.09. The van der Waals surface area contributed by atoms with Crippen molar-refractivity contribution in [3.8, 4) is 5.75 Å². The van der Waals surface area contributed by atoms with Crippen molar-refractivity contribution >= 4 is 0 Å². The van der Waals surface area contributed by atoms with E-state index in [0.29, 0.717) is 6.10 Å². The average molecular weight is 234 g/mol. The fourth-order valence-electron chi connectivity index (χ4n) is 2.04. The topological polar surface area (TPSA) is 21.8 Å². The minimum absolute atomic E-state index is 0.519. The van der Waals surface area contributed by atoms with Crippen LogP contribution >= 0.6 is 0 Å². The smallest absolute Gasteiger partial charge is 0.122 e. The summed E-state index contributed by atoms with van der Waals surface area (Å²) in [7, 11) is 0. The van der Waals surface area contributed by atoms with E-state index in [1.807, 2.05) is 0 Å². The highest BCUT2D eigenvalue weighted by Gasteiger charge is 2.22. The second-order valence-electron chi connectivity index (χ2n) is 4.82. The standard InChI is InChI=1S/C15H22O2/c1-4-9-16-15-8-6-13(11(2)12(15)3)5-7-14-10-17-14/h6,8,14H,4-5,7,9-10H2,1-3H3. The molecule has 17 heavy (non-hydrogen) atoms. The summed E-state index contributed by atoms with van der Waals surface area (Å²) >= 11 is 0. The van der Waals surface area contributed by atoms with Crippen LogP contribution in [0, 0.1) is 13.8 Å². The maximum Gasteiger partial charge on any atom is 0.122 e. The van der Waals surface area contributed by atoms with Crippen molar-refractivity contribution in [2.45, 2.75) is 46.1 Å². The molecule has 1 aliphatic heterocycles. The van der Waals surface area contributed by atoms with Crippen LogP contribution in [0.4, 0.5) is 0 Å². The van der Waals surface area contributed by atoms with Crippen LogP contribution in [0.5, 0.6) is 5.75 Å². The maximum atomic E-state index is 5.74. The zero-order chi connectivity index (χ0) is 12.3. The molecule has 1 fully saturated rings. The van der Waals surface area contributed by atoms with Gasteiger partial charge in [-0.15, -0.1) is 0 Å². The Morgan fingerprint density at radius 3 is 2.71 bits per heavy atom. The lowest BCUT2D eigenvalue weighted by Crippen LogP contribution is -2.01. The van der Waals surface area contributed by atoms with Gasteiger partial charge in [0.25, 0.3) is 0 Å². The lowest BCUT2D eigenvalue weighted by Gasteiger charge is -2.13. The SMILES string of the molecule is CCCOc1ccc(CCC2CO2)c(C)c1C. The molecule has 2 rings (SSSR count). The number of hydrogen-bond acceptors (Lipinski definition) is 2. The molecule has 0 radical (unpaired) electrons. The Hall–Kier alpha value is -1.02. The Bertz CT molecular complexity index is 381. The Kier molecular flexibility index (Phi) is 4.06. The zero-order valence-corrected chi connectivity index (χ0v) is 11.1. The molecule has 0 saturated carbocycles. The van der Waals surface area contributed by atoms with Crippen molar-refractivity contribution in [3.05, 3.63) is 28.8 Å². The normalized spacial score (nSPS) is 18.2. The molecule has 0 amide bonds. The van der Waals surface area contributed by atoms with E-state index in [1.54, 1.807) is 0 Å². The first-order valence-corrected chi connectivity index (χ1v) is 6.56. The van der Waals surface area contributed by atoms with E-state index < -0.39 is 0 Å². The molecule has 2 nitrogen and oxygen atoms in total. The van der Waals surface area contributed by atoms with Gasteiger partial charge in [0.05, 0.1) is 19.3 Å². The second kappa shape index (κ2) is 5.54. The van der Waals surface area contributed by atoms with Crippen molar-refractivity contribution in [1.82, 2.24) is 0 Å². The average Bonchev–Trinajstić information content (AvgIpc) is 3.14. The van der Waals surface area contributed by atoms with Gasteiger partial charge in [-0.25, -0.2) is 0 Å². The fourth-order valence-corrected chi connectivity index (χ4v) is 2.04. The predicted molar refractivity (Wildman–Crippen MR) is 69.8 cm³/mol. The quantitative estimate of drug-likeness (QED) is 0.703. The minimum atomic E-state index is 0.519. The largest absolute Gasteiger partial charge is 0.493 e. The molecule has 1 aromatic rings. The third-order valence-electron chi connectivity index (χ3n) is 3.45. The number of hydrogen-bond donors (Lipinski definition) is 0. The van der Waals surface area contributed by atoms with E-state index in [9.17, 15) is 0 Å². The van der Waals surface area contributed by atoms with Gasteiger partial charge in [-0.2, -0.15) is 0 Å². The number of epoxide rings is 1. The summed E-state index contributed by atoms with van der Waals surface area (Å²) in [4.78, 5) is 0. The third-order valence-corrected chi connectivity index (χ3v) is 3.45. The van der Waals surface area contributed by atoms with Crippen LogP contribution in [0.1, 0.15) is 36.5 Å². The van der Waals surface area contributed by atoms with Gasteiger partial charge >= 0.3 is 0 Å². The van der Waals surface area contributed by atoms with Crippen LogP contribution in [0.3, 0.4) is 0 Å². The molecule has 0 N–H and O–H groups in total. The van der Waals surface area contributed by atoms with Crippen LogP contribution < -0.4 is 4.74 Å². The molecule has 0 spiro atoms. The van der Waals surface area contributed by atoms with Crippen LogP contribution in [-0.2, 0) is 11.2 Å². The number of ether oxygens (including phenoxy) is 2. The first-order chi connectivity index (χ1) is 8.22. The molecule has 94 valence electrons. The van der Waals surface area contributed by atoms with E-state index in [1.165, 1.54) is 16.7 Å². The monoisotopic (exact) mass is 234 g/mol. The highest BCUT2D eigenvalue weighted by atomic mass is 16.6. The van der Waals surface area contributed by atoms with Gasteiger partial charge in [0.1, 0.15) is 5.75 Å². The van der Waals surface area contributed by atoms with Gasteiger partial charge in [-0.3, -0.25) is 0 Å². The van der Waals surface area contributed by atoms with Crippen molar-refractivity contribution in [3.63, 3.8) is 0 Å². The summed E-state index contributed by atoms with van der Waals surface area (Å²) in [5, 5.41) is 0. The molecule has 0 aliphatic carbocycles. The third kappa shape index (κ3) is 3.22. The minimum Gasteiger partial charge on any atom is -0.493 e. The first-order valence-electron chi connectivity index (χ1n) is 6.56. The van der Waals surface area contributed by atoms with E-state index in [0.717, 1.165) is 38.2 Å². The molecule has 1 saturated heterocycles. The van der Waals surface area contributed by atoms with Crippen LogP contribution in [0.2, 0.25) is 0 Å². The van der Waals surface area contributed by atoms with Gasteiger partial charge in [0.15, 0.2) is 0 Å². The first kappa shape index (κ1) is 12.4. The van der Waals surface area contributed by atoms with Crippen LogP contribution in [0.15, 0.2) is 12.1 Å². The van der Waals surface area contributed by atoms with Gasteiger partial charge in [-0.1, -0.05) is 13.0 Å². The van der Waals surface area contributed by atoms with Crippen molar-refractivity contribution in [1.29, 1.82) is 0 Å². The Balaban J connectivity index is 2.04. The summed E-state index contributed by atoms with van der Waals surface area (Å²) < 4.78 is 11.0. The molecular formula is C15H22O2. The van der Waals surface area contributed by atoms with Gasteiger partial charge in [0.2, 0.25) is 0 Å². The molecule has 1 heterocycles. The molecular weight excluding hydrogens is 212 g/mol. The van der Waals surface area contributed by atoms with Crippen molar-refractivity contribution < 1.29 is 9.47 Å².